The first-order chi connectivity index (χ1) is 12.4. The van der Waals surface area contributed by atoms with Crippen molar-refractivity contribution < 1.29 is 18.7 Å². The van der Waals surface area contributed by atoms with E-state index < -0.39 is 0 Å². The predicted molar refractivity (Wildman–Crippen MR) is 99.2 cm³/mol. The third kappa shape index (κ3) is 6.02. The molecule has 26 heavy (non-hydrogen) atoms. The number of halogens is 2. The summed E-state index contributed by atoms with van der Waals surface area (Å²) in [6.45, 7) is 0.0225. The van der Waals surface area contributed by atoms with Gasteiger partial charge in [0, 0.05) is 11.4 Å². The zero-order chi connectivity index (χ0) is 19.1. The summed E-state index contributed by atoms with van der Waals surface area (Å²) < 4.78 is 17.9. The molecule has 0 unspecified atom stereocenters. The molecule has 0 heterocycles. The van der Waals surface area contributed by atoms with E-state index in [1.807, 2.05) is 0 Å². The average molecular weight is 380 g/mol. The minimum Gasteiger partial charge on any atom is -0.495 e. The van der Waals surface area contributed by atoms with E-state index in [2.05, 4.69) is 10.6 Å². The lowest BCUT2D eigenvalue weighted by molar-refractivity contribution is -0.119. The van der Waals surface area contributed by atoms with Crippen LogP contribution in [-0.2, 0) is 9.59 Å². The minimum absolute atomic E-state index is 0.00810. The number of carbonyl (C=O) groups is 2. The zero-order valence-electron chi connectivity index (χ0n) is 14.4. The van der Waals surface area contributed by atoms with E-state index in [0.29, 0.717) is 22.1 Å². The summed E-state index contributed by atoms with van der Waals surface area (Å²) >= 11 is 6.01. The highest BCUT2D eigenvalue weighted by Gasteiger charge is 2.12. The first-order valence-electron chi connectivity index (χ1n) is 7.74. The Kier molecular flexibility index (Phi) is 6.94. The number of nitrogens with one attached hydrogen (secondary N) is 2. The van der Waals surface area contributed by atoms with Crippen molar-refractivity contribution in [1.29, 1.82) is 0 Å². The van der Waals surface area contributed by atoms with Crippen LogP contribution < -0.4 is 15.4 Å². The highest BCUT2D eigenvalue weighted by Crippen LogP contribution is 2.27. The molecule has 0 aliphatic rings. The minimum atomic E-state index is -0.379. The number of anilines is 2. The van der Waals surface area contributed by atoms with E-state index in [4.69, 9.17) is 16.3 Å². The number of hydrogen-bond acceptors (Lipinski definition) is 4. The Labute approximate surface area is 155 Å². The van der Waals surface area contributed by atoms with Crippen molar-refractivity contribution in [3.8, 4) is 5.75 Å². The summed E-state index contributed by atoms with van der Waals surface area (Å²) in [6, 6.07) is 10.3. The van der Waals surface area contributed by atoms with Crippen molar-refractivity contribution in [2.75, 3.05) is 37.9 Å². The molecule has 0 aliphatic carbocycles. The maximum absolute atomic E-state index is 12.8. The van der Waals surface area contributed by atoms with Gasteiger partial charge in [0.05, 0.1) is 25.2 Å². The van der Waals surface area contributed by atoms with Crippen LogP contribution in [0.1, 0.15) is 0 Å². The van der Waals surface area contributed by atoms with Gasteiger partial charge in [0.2, 0.25) is 11.8 Å². The fourth-order valence-electron chi connectivity index (χ4n) is 2.22. The van der Waals surface area contributed by atoms with Crippen LogP contribution in [0.3, 0.4) is 0 Å². The molecule has 8 heteroatoms. The second-order valence-corrected chi connectivity index (χ2v) is 6.03. The molecule has 0 atom stereocenters. The van der Waals surface area contributed by atoms with Crippen molar-refractivity contribution >= 4 is 34.8 Å². The molecule has 2 N–H and O–H groups in total. The smallest absolute Gasteiger partial charge is 0.238 e. The van der Waals surface area contributed by atoms with Gasteiger partial charge in [-0.25, -0.2) is 4.39 Å². The summed E-state index contributed by atoms with van der Waals surface area (Å²) in [4.78, 5) is 25.6. The number of methoxy groups -OCH3 is 1. The standard InChI is InChI=1S/C18H19ClFN3O3/c1-23(10-17(24)21-13-5-3-12(20)4-6-13)11-18(25)22-14-7-8-16(26-2)15(19)9-14/h3-9H,10-11H2,1-2H3,(H,21,24)(H,22,25). The van der Waals surface area contributed by atoms with Crippen LogP contribution >= 0.6 is 11.6 Å². The number of carbonyl (C=O) groups excluding carboxylic acids is 2. The van der Waals surface area contributed by atoms with E-state index in [9.17, 15) is 14.0 Å². The molecule has 2 aromatic carbocycles. The second kappa shape index (κ2) is 9.17. The lowest BCUT2D eigenvalue weighted by Crippen LogP contribution is -2.36. The number of likely N-dealkylation sites (N-methyl/N-ethyl adjacent to an activating group) is 1. The molecule has 0 aromatic heterocycles. The van der Waals surface area contributed by atoms with E-state index >= 15 is 0 Å². The molecule has 0 radical (unpaired) electrons. The largest absolute Gasteiger partial charge is 0.495 e. The normalized spacial score (nSPS) is 10.5. The molecule has 0 fully saturated rings. The van der Waals surface area contributed by atoms with Crippen LogP contribution in [0.25, 0.3) is 0 Å². The van der Waals surface area contributed by atoms with Crippen LogP contribution in [-0.4, -0.2) is 44.0 Å². The Morgan fingerprint density at radius 3 is 2.12 bits per heavy atom. The zero-order valence-corrected chi connectivity index (χ0v) is 15.1. The summed E-state index contributed by atoms with van der Waals surface area (Å²) in [5.74, 6) is -0.461. The van der Waals surface area contributed by atoms with Gasteiger partial charge in [0.15, 0.2) is 0 Å². The van der Waals surface area contributed by atoms with Gasteiger partial charge in [-0.3, -0.25) is 14.5 Å². The van der Waals surface area contributed by atoms with Crippen molar-refractivity contribution in [3.63, 3.8) is 0 Å². The monoisotopic (exact) mass is 379 g/mol. The molecule has 0 aliphatic heterocycles. The molecular weight excluding hydrogens is 361 g/mol. The van der Waals surface area contributed by atoms with Gasteiger partial charge in [-0.15, -0.1) is 0 Å². The van der Waals surface area contributed by atoms with Crippen molar-refractivity contribution in [1.82, 2.24) is 4.90 Å². The number of benzene rings is 2. The molecule has 0 spiro atoms. The van der Waals surface area contributed by atoms with Gasteiger partial charge < -0.3 is 15.4 Å². The summed E-state index contributed by atoms with van der Waals surface area (Å²) in [6.07, 6.45) is 0. The van der Waals surface area contributed by atoms with Crippen molar-refractivity contribution in [2.24, 2.45) is 0 Å². The van der Waals surface area contributed by atoms with Crippen LogP contribution in [0.2, 0.25) is 5.02 Å². The molecule has 0 bridgehead atoms. The molecule has 2 amide bonds. The van der Waals surface area contributed by atoms with Gasteiger partial charge in [0.25, 0.3) is 0 Å². The predicted octanol–water partition coefficient (Wildman–Crippen LogP) is 3.00. The quantitative estimate of drug-likeness (QED) is 0.775. The van der Waals surface area contributed by atoms with E-state index in [0.717, 1.165) is 0 Å². The Hall–Kier alpha value is -2.64. The first kappa shape index (κ1) is 19.7. The summed E-state index contributed by atoms with van der Waals surface area (Å²) in [7, 11) is 3.15. The van der Waals surface area contributed by atoms with Gasteiger partial charge in [0.1, 0.15) is 11.6 Å². The molecular formula is C18H19ClFN3O3. The first-order valence-corrected chi connectivity index (χ1v) is 8.12. The number of amides is 2. The van der Waals surface area contributed by atoms with Gasteiger partial charge in [-0.05, 0) is 49.5 Å². The summed E-state index contributed by atoms with van der Waals surface area (Å²) in [5.41, 5.74) is 1.02. The molecule has 2 aromatic rings. The van der Waals surface area contributed by atoms with Crippen LogP contribution in [0.15, 0.2) is 42.5 Å². The third-order valence-electron chi connectivity index (χ3n) is 3.39. The lowest BCUT2D eigenvalue weighted by Gasteiger charge is -2.16. The van der Waals surface area contributed by atoms with E-state index in [1.165, 1.54) is 31.4 Å². The Morgan fingerprint density at radius 2 is 1.58 bits per heavy atom. The van der Waals surface area contributed by atoms with Crippen molar-refractivity contribution in [3.05, 3.63) is 53.3 Å². The van der Waals surface area contributed by atoms with E-state index in [1.54, 1.807) is 30.1 Å². The number of rotatable bonds is 7. The summed E-state index contributed by atoms with van der Waals surface area (Å²) in [5, 5.41) is 5.72. The number of ether oxygens (including phenoxy) is 1. The molecule has 6 nitrogen and oxygen atoms in total. The highest BCUT2D eigenvalue weighted by molar-refractivity contribution is 6.32. The fourth-order valence-corrected chi connectivity index (χ4v) is 2.48. The van der Waals surface area contributed by atoms with Crippen LogP contribution in [0.5, 0.6) is 5.75 Å². The van der Waals surface area contributed by atoms with Gasteiger partial charge in [-0.2, -0.15) is 0 Å². The highest BCUT2D eigenvalue weighted by atomic mass is 35.5. The Bertz CT molecular complexity index is 784. The maximum Gasteiger partial charge on any atom is 0.238 e. The van der Waals surface area contributed by atoms with Crippen molar-refractivity contribution in [2.45, 2.75) is 0 Å². The maximum atomic E-state index is 12.8. The number of hydrogen-bond donors (Lipinski definition) is 2. The van der Waals surface area contributed by atoms with E-state index in [-0.39, 0.29) is 30.7 Å². The molecule has 0 saturated heterocycles. The van der Waals surface area contributed by atoms with Gasteiger partial charge in [-0.1, -0.05) is 11.6 Å². The lowest BCUT2D eigenvalue weighted by atomic mass is 10.3. The number of nitrogens with zero attached hydrogens (tertiary/aromatic N) is 1. The molecule has 0 saturated carbocycles. The third-order valence-corrected chi connectivity index (χ3v) is 3.69. The average Bonchev–Trinajstić information content (AvgIpc) is 2.56. The van der Waals surface area contributed by atoms with Crippen LogP contribution in [0.4, 0.5) is 15.8 Å². The van der Waals surface area contributed by atoms with Crippen LogP contribution in [0, 0.1) is 5.82 Å². The second-order valence-electron chi connectivity index (χ2n) is 5.62. The molecule has 138 valence electrons. The molecule has 2 rings (SSSR count). The SMILES string of the molecule is COc1ccc(NC(=O)CN(C)CC(=O)Nc2ccc(F)cc2)cc1Cl. The Morgan fingerprint density at radius 1 is 1.04 bits per heavy atom. The Balaban J connectivity index is 1.81. The van der Waals surface area contributed by atoms with Gasteiger partial charge >= 0.3 is 0 Å². The topological polar surface area (TPSA) is 70.7 Å². The fraction of sp³-hybridized carbons (Fsp3) is 0.222.